The molecule has 0 unspecified atom stereocenters. The first-order valence-corrected chi connectivity index (χ1v) is 10.9. The van der Waals surface area contributed by atoms with Crippen LogP contribution in [0.1, 0.15) is 58.1 Å². The van der Waals surface area contributed by atoms with Gasteiger partial charge in [-0.25, -0.2) is 4.79 Å². The van der Waals surface area contributed by atoms with Crippen molar-refractivity contribution in [1.29, 1.82) is 0 Å². The molecule has 0 aromatic heterocycles. The van der Waals surface area contributed by atoms with Crippen LogP contribution >= 0.6 is 0 Å². The van der Waals surface area contributed by atoms with Gasteiger partial charge in [-0.3, -0.25) is 4.90 Å². The molecule has 0 atom stereocenters. The number of piperazine rings is 1. The number of amides is 1. The van der Waals surface area contributed by atoms with Crippen molar-refractivity contribution in [2.45, 2.75) is 65.5 Å². The Labute approximate surface area is 170 Å². The Bertz CT molecular complexity index is 654. The topological polar surface area (TPSA) is 36.0 Å². The number of nitrogens with zero attached hydrogens (tertiary/aromatic N) is 3. The molecule has 5 nitrogen and oxygen atoms in total. The van der Waals surface area contributed by atoms with Gasteiger partial charge in [0.15, 0.2) is 0 Å². The van der Waals surface area contributed by atoms with Crippen molar-refractivity contribution < 1.29 is 9.53 Å². The summed E-state index contributed by atoms with van der Waals surface area (Å²) >= 11 is 0. The predicted molar refractivity (Wildman–Crippen MR) is 115 cm³/mol. The molecule has 0 aliphatic carbocycles. The molecule has 0 radical (unpaired) electrons. The summed E-state index contributed by atoms with van der Waals surface area (Å²) in [6.07, 6.45) is 4.74. The first-order valence-electron chi connectivity index (χ1n) is 10.9. The number of hydrogen-bond acceptors (Lipinski definition) is 4. The minimum Gasteiger partial charge on any atom is -0.444 e. The third kappa shape index (κ3) is 5.63. The number of benzene rings is 1. The van der Waals surface area contributed by atoms with Crippen molar-refractivity contribution in [2.24, 2.45) is 0 Å². The molecule has 0 spiro atoms. The van der Waals surface area contributed by atoms with Gasteiger partial charge in [0.25, 0.3) is 0 Å². The van der Waals surface area contributed by atoms with Gasteiger partial charge in [-0.05, 0) is 63.3 Å². The van der Waals surface area contributed by atoms with Crippen molar-refractivity contribution in [2.75, 3.05) is 44.2 Å². The Kier molecular flexibility index (Phi) is 6.86. The summed E-state index contributed by atoms with van der Waals surface area (Å²) in [5, 5.41) is 0. The van der Waals surface area contributed by atoms with Crippen molar-refractivity contribution in [3.63, 3.8) is 0 Å². The molecule has 2 aliphatic rings. The van der Waals surface area contributed by atoms with Crippen LogP contribution in [0.4, 0.5) is 10.5 Å². The average Bonchev–Trinajstić information content (AvgIpc) is 3.17. The SMILES string of the molecule is CCCc1cc(N2CCCC2)ccc1CN1CCN(C(=O)OC(C)(C)C)CC1. The fourth-order valence-corrected chi connectivity index (χ4v) is 4.10. The summed E-state index contributed by atoms with van der Waals surface area (Å²) < 4.78 is 5.51. The van der Waals surface area contributed by atoms with Gasteiger partial charge < -0.3 is 14.5 Å². The standard InChI is InChI=1S/C23H37N3O2/c1-5-8-19-17-21(25-11-6-7-12-25)10-9-20(19)18-24-13-15-26(16-14-24)22(27)28-23(2,3)4/h9-10,17H,5-8,11-16,18H2,1-4H3. The Morgan fingerprint density at radius 1 is 1.00 bits per heavy atom. The van der Waals surface area contributed by atoms with Crippen LogP contribution in [0.5, 0.6) is 0 Å². The molecule has 0 bridgehead atoms. The fourth-order valence-electron chi connectivity index (χ4n) is 4.10. The molecule has 2 saturated heterocycles. The molecular weight excluding hydrogens is 350 g/mol. The molecule has 156 valence electrons. The van der Waals surface area contributed by atoms with E-state index in [2.05, 4.69) is 34.9 Å². The van der Waals surface area contributed by atoms with E-state index in [1.165, 1.54) is 49.2 Å². The number of hydrogen-bond donors (Lipinski definition) is 0. The second-order valence-corrected chi connectivity index (χ2v) is 9.14. The van der Waals surface area contributed by atoms with Crippen LogP contribution in [-0.4, -0.2) is 60.8 Å². The fraction of sp³-hybridized carbons (Fsp3) is 0.696. The third-order valence-electron chi connectivity index (χ3n) is 5.60. The second-order valence-electron chi connectivity index (χ2n) is 9.14. The van der Waals surface area contributed by atoms with E-state index >= 15 is 0 Å². The first kappa shape index (κ1) is 21.0. The summed E-state index contributed by atoms with van der Waals surface area (Å²) in [6, 6.07) is 7.05. The van der Waals surface area contributed by atoms with Gasteiger partial charge in [0.2, 0.25) is 0 Å². The van der Waals surface area contributed by atoms with Gasteiger partial charge in [-0.15, -0.1) is 0 Å². The number of ether oxygens (including phenoxy) is 1. The molecule has 0 N–H and O–H groups in total. The molecule has 2 heterocycles. The normalized spacial score (nSPS) is 18.6. The number of aryl methyl sites for hydroxylation is 1. The number of carbonyl (C=O) groups excluding carboxylic acids is 1. The lowest BCUT2D eigenvalue weighted by molar-refractivity contribution is 0.0139. The lowest BCUT2D eigenvalue weighted by Gasteiger charge is -2.36. The minimum atomic E-state index is -0.430. The summed E-state index contributed by atoms with van der Waals surface area (Å²) in [5.41, 5.74) is 3.89. The van der Waals surface area contributed by atoms with Gasteiger partial charge in [-0.2, -0.15) is 0 Å². The monoisotopic (exact) mass is 387 g/mol. The molecular formula is C23H37N3O2. The zero-order valence-corrected chi connectivity index (χ0v) is 18.2. The highest BCUT2D eigenvalue weighted by Gasteiger charge is 2.26. The van der Waals surface area contributed by atoms with Crippen LogP contribution in [-0.2, 0) is 17.7 Å². The molecule has 1 aromatic rings. The molecule has 28 heavy (non-hydrogen) atoms. The molecule has 5 heteroatoms. The Morgan fingerprint density at radius 2 is 1.68 bits per heavy atom. The smallest absolute Gasteiger partial charge is 0.410 e. The zero-order valence-electron chi connectivity index (χ0n) is 18.2. The van der Waals surface area contributed by atoms with Gasteiger partial charge in [0.1, 0.15) is 5.60 Å². The second kappa shape index (κ2) is 9.17. The third-order valence-corrected chi connectivity index (χ3v) is 5.60. The highest BCUT2D eigenvalue weighted by molar-refractivity contribution is 5.68. The van der Waals surface area contributed by atoms with E-state index < -0.39 is 5.60 Å². The van der Waals surface area contributed by atoms with E-state index in [4.69, 9.17) is 4.74 Å². The number of rotatable bonds is 5. The molecule has 3 rings (SSSR count). The largest absolute Gasteiger partial charge is 0.444 e. The Balaban J connectivity index is 1.58. The van der Waals surface area contributed by atoms with E-state index in [0.717, 1.165) is 39.1 Å². The Morgan fingerprint density at radius 3 is 2.29 bits per heavy atom. The van der Waals surface area contributed by atoms with E-state index in [1.54, 1.807) is 0 Å². The van der Waals surface area contributed by atoms with Crippen LogP contribution in [0.2, 0.25) is 0 Å². The summed E-state index contributed by atoms with van der Waals surface area (Å²) in [4.78, 5) is 19.1. The quantitative estimate of drug-likeness (QED) is 0.755. The maximum atomic E-state index is 12.3. The molecule has 1 aromatic carbocycles. The Hall–Kier alpha value is -1.75. The van der Waals surface area contributed by atoms with Gasteiger partial charge in [-0.1, -0.05) is 19.4 Å². The van der Waals surface area contributed by atoms with Gasteiger partial charge in [0.05, 0.1) is 0 Å². The maximum absolute atomic E-state index is 12.3. The molecule has 1 amide bonds. The van der Waals surface area contributed by atoms with Gasteiger partial charge >= 0.3 is 6.09 Å². The average molecular weight is 388 g/mol. The van der Waals surface area contributed by atoms with Crippen LogP contribution in [0.3, 0.4) is 0 Å². The molecule has 2 fully saturated rings. The van der Waals surface area contributed by atoms with E-state index in [0.29, 0.717) is 0 Å². The van der Waals surface area contributed by atoms with Gasteiger partial charge in [0, 0.05) is 51.5 Å². The summed E-state index contributed by atoms with van der Waals surface area (Å²) in [7, 11) is 0. The maximum Gasteiger partial charge on any atom is 0.410 e. The number of carbonyl (C=O) groups is 1. The van der Waals surface area contributed by atoms with Crippen molar-refractivity contribution in [3.05, 3.63) is 29.3 Å². The zero-order chi connectivity index (χ0) is 20.1. The molecule has 2 aliphatic heterocycles. The first-order chi connectivity index (χ1) is 13.4. The van der Waals surface area contributed by atoms with E-state index in [1.807, 2.05) is 25.7 Å². The summed E-state index contributed by atoms with van der Waals surface area (Å²) in [5.74, 6) is 0. The highest BCUT2D eigenvalue weighted by atomic mass is 16.6. The lowest BCUT2D eigenvalue weighted by Crippen LogP contribution is -2.49. The van der Waals surface area contributed by atoms with Crippen LogP contribution in [0.15, 0.2) is 18.2 Å². The van der Waals surface area contributed by atoms with Crippen molar-refractivity contribution in [3.8, 4) is 0 Å². The highest BCUT2D eigenvalue weighted by Crippen LogP contribution is 2.25. The predicted octanol–water partition coefficient (Wildman–Crippen LogP) is 4.29. The minimum absolute atomic E-state index is 0.186. The van der Waals surface area contributed by atoms with Crippen molar-refractivity contribution in [1.82, 2.24) is 9.80 Å². The lowest BCUT2D eigenvalue weighted by atomic mass is 10.0. The van der Waals surface area contributed by atoms with E-state index in [-0.39, 0.29) is 6.09 Å². The molecule has 0 saturated carbocycles. The van der Waals surface area contributed by atoms with Crippen LogP contribution < -0.4 is 4.90 Å². The van der Waals surface area contributed by atoms with E-state index in [9.17, 15) is 4.79 Å². The van der Waals surface area contributed by atoms with Crippen LogP contribution in [0.25, 0.3) is 0 Å². The van der Waals surface area contributed by atoms with Crippen LogP contribution in [0, 0.1) is 0 Å². The van der Waals surface area contributed by atoms with Crippen molar-refractivity contribution >= 4 is 11.8 Å². The summed E-state index contributed by atoms with van der Waals surface area (Å²) in [6.45, 7) is 14.6. The number of anilines is 1.